The van der Waals surface area contributed by atoms with Crippen LogP contribution in [-0.4, -0.2) is 26.3 Å². The number of hydrogen-bond donors (Lipinski definition) is 2. The molecule has 1 heterocycles. The highest BCUT2D eigenvalue weighted by Gasteiger charge is 2.39. The number of carbonyl (C=O) groups is 2. The molecular formula is C17H16IN3O4S. The summed E-state index contributed by atoms with van der Waals surface area (Å²) in [6.07, 6.45) is 0.0834. The molecule has 0 saturated carbocycles. The van der Waals surface area contributed by atoms with Crippen LogP contribution in [0.5, 0.6) is 0 Å². The van der Waals surface area contributed by atoms with Crippen molar-refractivity contribution >= 4 is 50.1 Å². The summed E-state index contributed by atoms with van der Waals surface area (Å²) < 4.78 is 23.5. The first-order valence-electron chi connectivity index (χ1n) is 7.73. The fourth-order valence-electron chi connectivity index (χ4n) is 2.69. The van der Waals surface area contributed by atoms with Gasteiger partial charge in [0.25, 0.3) is 5.91 Å². The number of nitrogens with two attached hydrogens (primary N) is 1. The Morgan fingerprint density at radius 2 is 1.69 bits per heavy atom. The van der Waals surface area contributed by atoms with Gasteiger partial charge in [-0.3, -0.25) is 9.59 Å². The second-order valence-electron chi connectivity index (χ2n) is 5.87. The third-order valence-electron chi connectivity index (χ3n) is 4.04. The van der Waals surface area contributed by atoms with E-state index < -0.39 is 16.1 Å². The predicted octanol–water partition coefficient (Wildman–Crippen LogP) is 1.36. The van der Waals surface area contributed by atoms with Crippen LogP contribution in [0, 0.1) is 3.57 Å². The number of rotatable bonds is 5. The van der Waals surface area contributed by atoms with Crippen LogP contribution >= 0.6 is 22.6 Å². The van der Waals surface area contributed by atoms with Gasteiger partial charge < -0.3 is 5.32 Å². The van der Waals surface area contributed by atoms with Crippen LogP contribution < -0.4 is 15.4 Å². The number of primary sulfonamides is 1. The third kappa shape index (κ3) is 4.11. The lowest BCUT2D eigenvalue weighted by Gasteiger charge is -2.15. The van der Waals surface area contributed by atoms with Gasteiger partial charge in [-0.25, -0.2) is 18.5 Å². The average molecular weight is 485 g/mol. The summed E-state index contributed by atoms with van der Waals surface area (Å²) in [5.41, 5.74) is 1.34. The molecule has 26 heavy (non-hydrogen) atoms. The Morgan fingerprint density at radius 1 is 1.08 bits per heavy atom. The van der Waals surface area contributed by atoms with E-state index in [0.717, 1.165) is 9.13 Å². The highest BCUT2D eigenvalue weighted by atomic mass is 127. The maximum Gasteiger partial charge on any atom is 0.251 e. The molecule has 0 bridgehead atoms. The van der Waals surface area contributed by atoms with E-state index in [0.29, 0.717) is 12.2 Å². The van der Waals surface area contributed by atoms with Crippen molar-refractivity contribution in [3.63, 3.8) is 0 Å². The van der Waals surface area contributed by atoms with Crippen molar-refractivity contribution in [1.29, 1.82) is 0 Å². The van der Waals surface area contributed by atoms with Gasteiger partial charge in [-0.15, -0.1) is 0 Å². The summed E-state index contributed by atoms with van der Waals surface area (Å²) in [6, 6.07) is 12.6. The molecule has 1 aliphatic heterocycles. The molecular weight excluding hydrogens is 469 g/mol. The molecule has 3 rings (SSSR count). The van der Waals surface area contributed by atoms with Gasteiger partial charge in [0.15, 0.2) is 0 Å². The van der Waals surface area contributed by atoms with Crippen LogP contribution in [0.15, 0.2) is 53.4 Å². The first-order valence-corrected chi connectivity index (χ1v) is 10.4. The Hall–Kier alpha value is -1.82. The van der Waals surface area contributed by atoms with Crippen LogP contribution in [0.3, 0.4) is 0 Å². The van der Waals surface area contributed by atoms with Crippen LogP contribution in [0.2, 0.25) is 0 Å². The maximum atomic E-state index is 12.6. The van der Waals surface area contributed by atoms with Gasteiger partial charge in [0, 0.05) is 10.1 Å². The number of halogens is 1. The molecule has 0 spiro atoms. The molecule has 1 unspecified atom stereocenters. The van der Waals surface area contributed by atoms with Gasteiger partial charge in [0.05, 0.1) is 23.0 Å². The van der Waals surface area contributed by atoms with Gasteiger partial charge in [-0.2, -0.15) is 0 Å². The molecule has 0 aromatic heterocycles. The molecule has 2 amide bonds. The van der Waals surface area contributed by atoms with Crippen molar-refractivity contribution in [2.75, 3.05) is 4.90 Å². The zero-order valence-corrected chi connectivity index (χ0v) is 16.5. The Morgan fingerprint density at radius 3 is 2.27 bits per heavy atom. The van der Waals surface area contributed by atoms with Crippen molar-refractivity contribution in [3.8, 4) is 0 Å². The molecule has 7 nitrogen and oxygen atoms in total. The minimum Gasteiger partial charge on any atom is -0.301 e. The second kappa shape index (κ2) is 7.43. The van der Waals surface area contributed by atoms with Crippen molar-refractivity contribution in [2.45, 2.75) is 23.9 Å². The van der Waals surface area contributed by atoms with E-state index in [1.807, 2.05) is 12.1 Å². The summed E-state index contributed by atoms with van der Waals surface area (Å²) in [5.74, 6) is -0.546. The number of benzene rings is 2. The number of hydrogen-bond acceptors (Lipinski definition) is 5. The lowest BCUT2D eigenvalue weighted by Crippen LogP contribution is -2.38. The lowest BCUT2D eigenvalue weighted by atomic mass is 10.2. The quantitative estimate of drug-likeness (QED) is 0.491. The number of anilines is 1. The first-order chi connectivity index (χ1) is 12.3. The Balaban J connectivity index is 1.67. The molecule has 1 saturated heterocycles. The van der Waals surface area contributed by atoms with E-state index in [2.05, 4.69) is 27.9 Å². The van der Waals surface area contributed by atoms with Crippen LogP contribution in [0.1, 0.15) is 12.0 Å². The molecule has 1 atom stereocenters. The van der Waals surface area contributed by atoms with E-state index in [9.17, 15) is 18.0 Å². The van der Waals surface area contributed by atoms with Crippen LogP contribution in [0.4, 0.5) is 5.69 Å². The molecule has 1 aliphatic rings. The fraction of sp³-hybridized carbons (Fsp3) is 0.176. The van der Waals surface area contributed by atoms with Gasteiger partial charge >= 0.3 is 0 Å². The van der Waals surface area contributed by atoms with Crippen molar-refractivity contribution < 1.29 is 18.0 Å². The molecule has 9 heteroatoms. The molecule has 136 valence electrons. The monoisotopic (exact) mass is 485 g/mol. The molecule has 3 N–H and O–H groups in total. The molecule has 0 radical (unpaired) electrons. The first kappa shape index (κ1) is 19.0. The summed E-state index contributed by atoms with van der Waals surface area (Å²) in [6.45, 7) is 0.328. The van der Waals surface area contributed by atoms with E-state index in [1.165, 1.54) is 17.0 Å². The zero-order valence-electron chi connectivity index (χ0n) is 13.6. The highest BCUT2D eigenvalue weighted by molar-refractivity contribution is 14.1. The number of carbonyl (C=O) groups excluding carboxylic acids is 2. The van der Waals surface area contributed by atoms with Gasteiger partial charge in [-0.05, 0) is 64.6 Å². The van der Waals surface area contributed by atoms with E-state index >= 15 is 0 Å². The molecule has 2 aromatic rings. The summed E-state index contributed by atoms with van der Waals surface area (Å²) >= 11 is 2.15. The Bertz CT molecular complexity index is 943. The van der Waals surface area contributed by atoms with E-state index in [1.54, 1.807) is 24.3 Å². The van der Waals surface area contributed by atoms with E-state index in [4.69, 9.17) is 5.14 Å². The van der Waals surface area contributed by atoms with Crippen molar-refractivity contribution in [1.82, 2.24) is 5.32 Å². The number of nitrogens with zero attached hydrogens (tertiary/aromatic N) is 1. The minimum atomic E-state index is -3.73. The maximum absolute atomic E-state index is 12.6. The van der Waals surface area contributed by atoms with E-state index in [-0.39, 0.29) is 23.1 Å². The molecule has 2 aromatic carbocycles. The zero-order chi connectivity index (χ0) is 18.9. The fourth-order valence-corrected chi connectivity index (χ4v) is 3.57. The number of amides is 2. The normalized spacial score (nSPS) is 17.8. The van der Waals surface area contributed by atoms with Gasteiger partial charge in [-0.1, -0.05) is 12.1 Å². The van der Waals surface area contributed by atoms with Crippen LogP contribution in [-0.2, 0) is 26.2 Å². The van der Waals surface area contributed by atoms with Gasteiger partial charge in [0.2, 0.25) is 15.9 Å². The number of sulfonamides is 1. The summed E-state index contributed by atoms with van der Waals surface area (Å²) in [7, 11) is -3.73. The molecule has 1 fully saturated rings. The average Bonchev–Trinajstić information content (AvgIpc) is 2.87. The Kier molecular flexibility index (Phi) is 5.42. The molecule has 0 aliphatic carbocycles. The van der Waals surface area contributed by atoms with Crippen LogP contribution in [0.25, 0.3) is 0 Å². The number of nitrogens with one attached hydrogen (secondary N) is 1. The highest BCUT2D eigenvalue weighted by Crippen LogP contribution is 2.24. The van der Waals surface area contributed by atoms with Crippen molar-refractivity contribution in [3.05, 3.63) is 57.7 Å². The summed E-state index contributed by atoms with van der Waals surface area (Å²) in [4.78, 5) is 26.0. The van der Waals surface area contributed by atoms with Crippen molar-refractivity contribution in [2.24, 2.45) is 5.14 Å². The summed E-state index contributed by atoms with van der Waals surface area (Å²) in [5, 5.41) is 8.12. The number of imide groups is 1. The minimum absolute atomic E-state index is 0.0262. The van der Waals surface area contributed by atoms with Gasteiger partial charge in [0.1, 0.15) is 0 Å². The smallest absolute Gasteiger partial charge is 0.251 e. The standard InChI is InChI=1S/C17H16IN3O4S/c18-12-3-5-13(6-4-12)21-16(22)9-15(17(21)23)20-10-11-1-7-14(8-2-11)26(19,24)25/h1-8,15,20H,9-10H2,(H2,19,24,25). The predicted molar refractivity (Wildman–Crippen MR) is 105 cm³/mol. The third-order valence-corrected chi connectivity index (χ3v) is 5.68. The SMILES string of the molecule is NS(=O)(=O)c1ccc(CNC2CC(=O)N(c3ccc(I)cc3)C2=O)cc1. The largest absolute Gasteiger partial charge is 0.301 e. The topological polar surface area (TPSA) is 110 Å². The second-order valence-corrected chi connectivity index (χ2v) is 8.68. The Labute approximate surface area is 164 Å². The lowest BCUT2D eigenvalue weighted by molar-refractivity contribution is -0.121.